The molecule has 39 heavy (non-hydrogen) atoms. The lowest BCUT2D eigenvalue weighted by atomic mass is 9.96. The van der Waals surface area contributed by atoms with Gasteiger partial charge in [0.2, 0.25) is 0 Å². The number of halogens is 2. The number of aliphatic hydroxyl groups is 2. The van der Waals surface area contributed by atoms with Gasteiger partial charge in [0.25, 0.3) is 11.8 Å². The van der Waals surface area contributed by atoms with Crippen LogP contribution in [-0.4, -0.2) is 71.4 Å². The Morgan fingerprint density at radius 2 is 1.49 bits per heavy atom. The number of benzene rings is 2. The van der Waals surface area contributed by atoms with Crippen LogP contribution in [0.1, 0.15) is 72.4 Å². The van der Waals surface area contributed by atoms with E-state index in [1.54, 1.807) is 24.0 Å². The van der Waals surface area contributed by atoms with Crippen molar-refractivity contribution < 1.29 is 28.6 Å². The highest BCUT2D eigenvalue weighted by Crippen LogP contribution is 2.17. The molecule has 0 aromatic heterocycles. The van der Waals surface area contributed by atoms with Gasteiger partial charge in [-0.25, -0.2) is 8.78 Å². The maximum Gasteiger partial charge on any atom is 0.253 e. The summed E-state index contributed by atoms with van der Waals surface area (Å²) in [5.41, 5.74) is 1.51. The van der Waals surface area contributed by atoms with Crippen molar-refractivity contribution in [3.8, 4) is 0 Å². The van der Waals surface area contributed by atoms with Gasteiger partial charge >= 0.3 is 0 Å². The molecular weight excluding hydrogens is 504 g/mol. The fourth-order valence-corrected chi connectivity index (χ4v) is 4.48. The fraction of sp³-hybridized carbons (Fsp3) is 0.533. The van der Waals surface area contributed by atoms with Crippen molar-refractivity contribution in [1.82, 2.24) is 15.5 Å². The summed E-state index contributed by atoms with van der Waals surface area (Å²) >= 11 is 0. The van der Waals surface area contributed by atoms with Crippen molar-refractivity contribution in [2.24, 2.45) is 5.92 Å². The molecule has 0 saturated carbocycles. The summed E-state index contributed by atoms with van der Waals surface area (Å²) in [6.45, 7) is 11.7. The van der Waals surface area contributed by atoms with Gasteiger partial charge in [-0.05, 0) is 80.1 Å². The SMILES string of the molecule is CCCN(CCC)C(=O)c1cc(C)cc(C(=O)N[C@@H](Cc2cc(F)cc(F)c2)[C@@H](O)[C@H](O)CNCC(C)C)c1. The number of carbonyl (C=O) groups is 2. The van der Waals surface area contributed by atoms with E-state index in [9.17, 15) is 28.6 Å². The van der Waals surface area contributed by atoms with E-state index in [0.717, 1.165) is 31.0 Å². The second-order valence-corrected chi connectivity index (χ2v) is 10.6. The van der Waals surface area contributed by atoms with Crippen LogP contribution in [-0.2, 0) is 6.42 Å². The van der Waals surface area contributed by atoms with Crippen molar-refractivity contribution in [1.29, 1.82) is 0 Å². The zero-order chi connectivity index (χ0) is 29.1. The minimum Gasteiger partial charge on any atom is -0.389 e. The van der Waals surface area contributed by atoms with Crippen LogP contribution in [0.2, 0.25) is 0 Å². The standard InChI is InChI=1S/C30H43F2N3O4/c1-6-8-35(9-7-2)30(39)23-11-20(5)10-22(15-23)29(38)34-26(14-21-12-24(31)16-25(32)13-21)28(37)27(36)18-33-17-19(3)4/h10-13,15-16,19,26-28,33,36-37H,6-9,14,17-18H2,1-5H3,(H,34,38)/t26-,27+,28+/m0/s1. The van der Waals surface area contributed by atoms with Crippen LogP contribution in [0, 0.1) is 24.5 Å². The van der Waals surface area contributed by atoms with E-state index in [1.165, 1.54) is 6.07 Å². The zero-order valence-corrected chi connectivity index (χ0v) is 23.6. The molecule has 2 rings (SSSR count). The molecule has 0 saturated heterocycles. The molecule has 2 aromatic rings. The molecule has 216 valence electrons. The van der Waals surface area contributed by atoms with Crippen molar-refractivity contribution in [3.05, 3.63) is 70.3 Å². The van der Waals surface area contributed by atoms with E-state index in [-0.39, 0.29) is 30.0 Å². The zero-order valence-electron chi connectivity index (χ0n) is 23.6. The van der Waals surface area contributed by atoms with E-state index in [2.05, 4.69) is 10.6 Å². The third kappa shape index (κ3) is 10.3. The number of aliphatic hydroxyl groups excluding tert-OH is 2. The Bertz CT molecular complexity index is 1070. The molecular formula is C30H43F2N3O4. The maximum atomic E-state index is 13.9. The van der Waals surface area contributed by atoms with Crippen molar-refractivity contribution >= 4 is 11.8 Å². The quantitative estimate of drug-likeness (QED) is 0.271. The lowest BCUT2D eigenvalue weighted by Gasteiger charge is -2.28. The average molecular weight is 548 g/mol. The average Bonchev–Trinajstić information content (AvgIpc) is 2.86. The monoisotopic (exact) mass is 547 g/mol. The van der Waals surface area contributed by atoms with Crippen molar-refractivity contribution in [2.75, 3.05) is 26.2 Å². The minimum atomic E-state index is -1.43. The largest absolute Gasteiger partial charge is 0.389 e. The van der Waals surface area contributed by atoms with Crippen LogP contribution in [0.4, 0.5) is 8.78 Å². The molecule has 9 heteroatoms. The lowest BCUT2D eigenvalue weighted by molar-refractivity contribution is -0.00244. The molecule has 2 aromatic carbocycles. The first-order valence-electron chi connectivity index (χ1n) is 13.7. The summed E-state index contributed by atoms with van der Waals surface area (Å²) in [5, 5.41) is 27.4. The molecule has 0 aliphatic heterocycles. The minimum absolute atomic E-state index is 0.0665. The molecule has 0 heterocycles. The van der Waals surface area contributed by atoms with E-state index in [4.69, 9.17) is 0 Å². The van der Waals surface area contributed by atoms with E-state index >= 15 is 0 Å². The number of nitrogens with one attached hydrogen (secondary N) is 2. The lowest BCUT2D eigenvalue weighted by Crippen LogP contribution is -2.52. The number of rotatable bonds is 15. The molecule has 0 aliphatic carbocycles. The summed E-state index contributed by atoms with van der Waals surface area (Å²) in [6, 6.07) is 6.78. The Labute approximate surface area is 230 Å². The second-order valence-electron chi connectivity index (χ2n) is 10.6. The van der Waals surface area contributed by atoms with Gasteiger partial charge in [0.15, 0.2) is 0 Å². The van der Waals surface area contributed by atoms with E-state index in [0.29, 0.717) is 36.7 Å². The van der Waals surface area contributed by atoms with Crippen LogP contribution >= 0.6 is 0 Å². The predicted molar refractivity (Wildman–Crippen MR) is 149 cm³/mol. The summed E-state index contributed by atoms with van der Waals surface area (Å²) in [6.07, 6.45) is -1.20. The predicted octanol–water partition coefficient (Wildman–Crippen LogP) is 3.84. The van der Waals surface area contributed by atoms with Crippen LogP contribution in [0.5, 0.6) is 0 Å². The van der Waals surface area contributed by atoms with Gasteiger partial charge in [-0.2, -0.15) is 0 Å². The molecule has 2 amide bonds. The normalized spacial score (nSPS) is 13.7. The Kier molecular flexibility index (Phi) is 13.0. The second kappa shape index (κ2) is 15.6. The van der Waals surface area contributed by atoms with Gasteiger partial charge in [-0.3, -0.25) is 9.59 Å². The van der Waals surface area contributed by atoms with Crippen LogP contribution < -0.4 is 10.6 Å². The maximum absolute atomic E-state index is 13.9. The van der Waals surface area contributed by atoms with Crippen LogP contribution in [0.3, 0.4) is 0 Å². The van der Waals surface area contributed by atoms with Crippen LogP contribution in [0.25, 0.3) is 0 Å². The highest BCUT2D eigenvalue weighted by atomic mass is 19.1. The molecule has 0 aliphatic rings. The number of hydrogen-bond donors (Lipinski definition) is 4. The van der Waals surface area contributed by atoms with Gasteiger partial charge in [-0.1, -0.05) is 27.7 Å². The molecule has 7 nitrogen and oxygen atoms in total. The summed E-state index contributed by atoms with van der Waals surface area (Å²) < 4.78 is 27.7. The van der Waals surface area contributed by atoms with Crippen molar-refractivity contribution in [2.45, 2.75) is 72.1 Å². The molecule has 0 bridgehead atoms. The van der Waals surface area contributed by atoms with Crippen LogP contribution in [0.15, 0.2) is 36.4 Å². The third-order valence-corrected chi connectivity index (χ3v) is 6.27. The van der Waals surface area contributed by atoms with Gasteiger partial charge in [-0.15, -0.1) is 0 Å². The van der Waals surface area contributed by atoms with Gasteiger partial charge in [0.05, 0.1) is 12.1 Å². The molecule has 0 fully saturated rings. The molecule has 0 spiro atoms. The Morgan fingerprint density at radius 1 is 0.897 bits per heavy atom. The summed E-state index contributed by atoms with van der Waals surface area (Å²) in [5.74, 6) is -1.99. The molecule has 3 atom stereocenters. The number of carbonyl (C=O) groups excluding carboxylic acids is 2. The first-order chi connectivity index (χ1) is 18.4. The Hall–Kier alpha value is -2.88. The van der Waals surface area contributed by atoms with E-state index in [1.807, 2.05) is 27.7 Å². The number of amides is 2. The molecule has 0 radical (unpaired) electrons. The Balaban J connectivity index is 2.32. The molecule has 4 N–H and O–H groups in total. The van der Waals surface area contributed by atoms with Gasteiger partial charge in [0, 0.05) is 36.8 Å². The topological polar surface area (TPSA) is 102 Å². The Morgan fingerprint density at radius 3 is 2.05 bits per heavy atom. The summed E-state index contributed by atoms with van der Waals surface area (Å²) in [4.78, 5) is 28.3. The van der Waals surface area contributed by atoms with E-state index < -0.39 is 35.8 Å². The van der Waals surface area contributed by atoms with Gasteiger partial charge < -0.3 is 25.7 Å². The fourth-order valence-electron chi connectivity index (χ4n) is 4.48. The number of hydrogen-bond acceptors (Lipinski definition) is 5. The third-order valence-electron chi connectivity index (χ3n) is 6.27. The highest BCUT2D eigenvalue weighted by Gasteiger charge is 2.29. The smallest absolute Gasteiger partial charge is 0.253 e. The first kappa shape index (κ1) is 32.3. The first-order valence-corrected chi connectivity index (χ1v) is 13.7. The summed E-state index contributed by atoms with van der Waals surface area (Å²) in [7, 11) is 0. The van der Waals surface area contributed by atoms with Crippen molar-refractivity contribution in [3.63, 3.8) is 0 Å². The highest BCUT2D eigenvalue weighted by molar-refractivity contribution is 6.00. The number of nitrogens with zero attached hydrogens (tertiary/aromatic N) is 1. The molecule has 0 unspecified atom stereocenters. The number of aryl methyl sites for hydroxylation is 1. The van der Waals surface area contributed by atoms with Gasteiger partial charge in [0.1, 0.15) is 17.7 Å².